The molecule has 0 saturated heterocycles. The molecule has 0 saturated carbocycles. The Morgan fingerprint density at radius 2 is 0.445 bits per heavy atom. The summed E-state index contributed by atoms with van der Waals surface area (Å²) in [6.07, 6.45) is 0. The van der Waals surface area contributed by atoms with E-state index in [2.05, 4.69) is 392 Å². The van der Waals surface area contributed by atoms with E-state index < -0.39 is 0 Å². The van der Waals surface area contributed by atoms with E-state index in [0.717, 1.165) is 133 Å². The second-order valence-electron chi connectivity index (χ2n) is 30.0. The topological polar surface area (TPSA) is 77.3 Å². The highest BCUT2D eigenvalue weighted by atomic mass is 15.0. The molecule has 20 rings (SSSR count). The molecule has 0 atom stereocenters. The normalized spacial score (nSPS) is 12.9. The number of aromatic nitrogens is 6. The van der Waals surface area contributed by atoms with Gasteiger partial charge in [0.15, 0.2) is 34.9 Å². The number of hydrogen-bond acceptors (Lipinski definition) is 6. The summed E-state index contributed by atoms with van der Waals surface area (Å²) >= 11 is 0. The summed E-state index contributed by atoms with van der Waals surface area (Å²) in [7, 11) is 0. The van der Waals surface area contributed by atoms with Gasteiger partial charge in [0.1, 0.15) is 0 Å². The highest BCUT2D eigenvalue weighted by molar-refractivity contribution is 6.03. The number of rotatable bonds is 13. The first-order chi connectivity index (χ1) is 54.0. The molecule has 110 heavy (non-hydrogen) atoms. The number of benzene rings is 16. The van der Waals surface area contributed by atoms with Gasteiger partial charge in [-0.25, -0.2) is 29.9 Å². The maximum absolute atomic E-state index is 5.70. The van der Waals surface area contributed by atoms with Crippen LogP contribution in [-0.2, 0) is 10.8 Å². The fraction of sp³-hybridized carbons (Fsp3) is 0.0577. The molecule has 2 heterocycles. The summed E-state index contributed by atoms with van der Waals surface area (Å²) < 4.78 is 0. The minimum atomic E-state index is -0.206. The molecule has 18 aromatic rings. The van der Waals surface area contributed by atoms with Gasteiger partial charge in [0.25, 0.3) is 0 Å². The zero-order chi connectivity index (χ0) is 73.6. The molecule has 6 nitrogen and oxygen atoms in total. The Hall–Kier alpha value is -13.9. The van der Waals surface area contributed by atoms with Crippen LogP contribution in [0.1, 0.15) is 49.9 Å². The van der Waals surface area contributed by atoms with Crippen molar-refractivity contribution in [2.45, 2.75) is 38.5 Å². The van der Waals surface area contributed by atoms with E-state index in [1.54, 1.807) is 0 Å². The lowest BCUT2D eigenvalue weighted by Gasteiger charge is -2.22. The third-order valence-electron chi connectivity index (χ3n) is 22.8. The van der Waals surface area contributed by atoms with Crippen LogP contribution in [-0.4, -0.2) is 29.9 Å². The van der Waals surface area contributed by atoms with Crippen LogP contribution in [0.4, 0.5) is 0 Å². The molecule has 2 aliphatic carbocycles. The maximum Gasteiger partial charge on any atom is 0.164 e. The van der Waals surface area contributed by atoms with E-state index in [1.165, 1.54) is 44.5 Å². The Balaban J connectivity index is 0.751. The Kier molecular flexibility index (Phi) is 15.8. The molecule has 16 aromatic carbocycles. The third-order valence-corrected chi connectivity index (χ3v) is 22.8. The Labute approximate surface area is 640 Å². The molecule has 0 bridgehead atoms. The standard InChI is InChI=1S/C104H72N6/c1-103(2)93-52-27-25-49-86(93)96-81(50-29-53-94(96)103)89-61-70-37-15-17-39-72(70)63-91(89)102-108-97(82-46-21-18-42-76(82)65-30-8-5-9-31-65)105-99(109-102)84-48-23-20-44-78(84)74-41-28-40-68(58-74)73-54-57-85(87(60-73)67-34-12-7-13-35-67)100-106-98(83-47-22-19-43-77(83)66-32-10-6-11-33-66)107-101(110-100)90-62-71-38-16-14-36-69(71)59-88(90)75-55-56-80-79-45-24-26-51-92(79)104(3,4)95(80)64-75/h5-64H,1-4H3. The summed E-state index contributed by atoms with van der Waals surface area (Å²) in [5, 5.41) is 4.46. The zero-order valence-corrected chi connectivity index (χ0v) is 61.3. The van der Waals surface area contributed by atoms with Crippen LogP contribution in [0.5, 0.6) is 0 Å². The molecule has 0 radical (unpaired) electrons. The van der Waals surface area contributed by atoms with Gasteiger partial charge in [-0.2, -0.15) is 0 Å². The molecule has 0 aliphatic heterocycles. The summed E-state index contributed by atoms with van der Waals surface area (Å²) in [6.45, 7) is 9.38. The minimum Gasteiger partial charge on any atom is -0.208 e. The predicted octanol–water partition coefficient (Wildman–Crippen LogP) is 26.6. The average Bonchev–Trinajstić information content (AvgIpc) is 1.55. The molecule has 518 valence electrons. The van der Waals surface area contributed by atoms with E-state index in [9.17, 15) is 0 Å². The quantitative estimate of drug-likeness (QED) is 0.114. The first-order valence-electron chi connectivity index (χ1n) is 37.8. The van der Waals surface area contributed by atoms with Gasteiger partial charge in [0.05, 0.1) is 0 Å². The molecule has 0 N–H and O–H groups in total. The lowest BCUT2D eigenvalue weighted by atomic mass is 9.81. The van der Waals surface area contributed by atoms with Gasteiger partial charge >= 0.3 is 0 Å². The smallest absolute Gasteiger partial charge is 0.164 e. The Morgan fingerprint density at radius 3 is 0.973 bits per heavy atom. The van der Waals surface area contributed by atoms with Gasteiger partial charge in [0, 0.05) is 44.2 Å². The fourth-order valence-electron chi connectivity index (χ4n) is 17.3. The first-order valence-corrected chi connectivity index (χ1v) is 37.8. The summed E-state index contributed by atoms with van der Waals surface area (Å²) in [6, 6.07) is 131. The molecule has 2 aromatic heterocycles. The van der Waals surface area contributed by atoms with Crippen LogP contribution in [0.2, 0.25) is 0 Å². The first kappa shape index (κ1) is 65.6. The summed E-state index contributed by atoms with van der Waals surface area (Å²) in [5.41, 5.74) is 29.9. The minimum absolute atomic E-state index is 0.203. The van der Waals surface area contributed by atoms with E-state index in [4.69, 9.17) is 29.9 Å². The van der Waals surface area contributed by atoms with Crippen molar-refractivity contribution in [3.8, 4) is 168 Å². The Bertz CT molecular complexity index is 6720. The molecular formula is C104H72N6. The average molecular weight is 1410 g/mol. The monoisotopic (exact) mass is 1400 g/mol. The number of hydrogen-bond donors (Lipinski definition) is 0. The second-order valence-corrected chi connectivity index (χ2v) is 30.0. The second kappa shape index (κ2) is 26.5. The molecule has 6 heteroatoms. The van der Waals surface area contributed by atoms with Crippen molar-refractivity contribution in [2.24, 2.45) is 0 Å². The zero-order valence-electron chi connectivity index (χ0n) is 61.3. The van der Waals surface area contributed by atoms with E-state index in [-0.39, 0.29) is 10.8 Å². The van der Waals surface area contributed by atoms with Crippen LogP contribution in [0.3, 0.4) is 0 Å². The van der Waals surface area contributed by atoms with E-state index >= 15 is 0 Å². The van der Waals surface area contributed by atoms with Crippen LogP contribution < -0.4 is 0 Å². The van der Waals surface area contributed by atoms with Gasteiger partial charge in [0.2, 0.25) is 0 Å². The summed E-state index contributed by atoms with van der Waals surface area (Å²) in [5.74, 6) is 3.44. The highest BCUT2D eigenvalue weighted by Crippen LogP contribution is 2.55. The van der Waals surface area contributed by atoms with Crippen molar-refractivity contribution in [3.63, 3.8) is 0 Å². The molecule has 0 unspecified atom stereocenters. The van der Waals surface area contributed by atoms with Crippen molar-refractivity contribution >= 4 is 21.5 Å². The van der Waals surface area contributed by atoms with Crippen molar-refractivity contribution in [3.05, 3.63) is 386 Å². The van der Waals surface area contributed by atoms with Crippen LogP contribution in [0.15, 0.2) is 364 Å². The predicted molar refractivity (Wildman–Crippen MR) is 454 cm³/mol. The van der Waals surface area contributed by atoms with Gasteiger partial charge in [-0.05, 0) is 192 Å². The highest BCUT2D eigenvalue weighted by Gasteiger charge is 2.38. The lowest BCUT2D eigenvalue weighted by Crippen LogP contribution is -2.14. The van der Waals surface area contributed by atoms with Crippen molar-refractivity contribution in [1.82, 2.24) is 29.9 Å². The van der Waals surface area contributed by atoms with Crippen LogP contribution >= 0.6 is 0 Å². The third kappa shape index (κ3) is 11.3. The number of fused-ring (bicyclic) bond motifs is 8. The molecule has 0 spiro atoms. The largest absolute Gasteiger partial charge is 0.208 e. The van der Waals surface area contributed by atoms with Crippen molar-refractivity contribution < 1.29 is 0 Å². The van der Waals surface area contributed by atoms with Crippen LogP contribution in [0.25, 0.3) is 190 Å². The van der Waals surface area contributed by atoms with Crippen LogP contribution in [0, 0.1) is 0 Å². The molecule has 2 aliphatic rings. The van der Waals surface area contributed by atoms with Gasteiger partial charge in [-0.15, -0.1) is 0 Å². The molecule has 0 fully saturated rings. The summed E-state index contributed by atoms with van der Waals surface area (Å²) in [4.78, 5) is 33.9. The van der Waals surface area contributed by atoms with Gasteiger partial charge in [-0.3, -0.25) is 0 Å². The maximum atomic E-state index is 5.70. The fourth-order valence-corrected chi connectivity index (χ4v) is 17.3. The number of nitrogens with zero attached hydrogens (tertiary/aromatic N) is 6. The SMILES string of the molecule is CC1(C)c2ccccc2-c2ccc(-c3cc4ccccc4cc3-c3nc(-c4ccccc4-c4ccccc4)nc(-c4ccc(-c5cccc(-c6ccccc6-c6nc(-c7ccccc7-c7ccccc7)nc(-c7cc8ccccc8cc7-c7cccc8c7-c7ccccc7C8(C)C)n6)c5)cc4-c4ccccc4)n3)cc21. The van der Waals surface area contributed by atoms with Gasteiger partial charge in [-0.1, -0.05) is 343 Å². The molecular weight excluding hydrogens is 1330 g/mol. The van der Waals surface area contributed by atoms with Crippen molar-refractivity contribution in [1.29, 1.82) is 0 Å². The molecule has 0 amide bonds. The van der Waals surface area contributed by atoms with E-state index in [0.29, 0.717) is 34.9 Å². The van der Waals surface area contributed by atoms with E-state index in [1.807, 2.05) is 0 Å². The lowest BCUT2D eigenvalue weighted by molar-refractivity contribution is 0.660. The Morgan fingerprint density at radius 1 is 0.155 bits per heavy atom. The van der Waals surface area contributed by atoms with Crippen molar-refractivity contribution in [2.75, 3.05) is 0 Å². The van der Waals surface area contributed by atoms with Gasteiger partial charge < -0.3 is 0 Å².